The van der Waals surface area contributed by atoms with E-state index >= 15 is 0 Å². The summed E-state index contributed by atoms with van der Waals surface area (Å²) in [4.78, 5) is 0. The van der Waals surface area contributed by atoms with Crippen LogP contribution in [0.5, 0.6) is 103 Å². The van der Waals surface area contributed by atoms with Crippen LogP contribution in [0.3, 0.4) is 0 Å². The molecule has 0 fully saturated rings. The second-order valence-corrected chi connectivity index (χ2v) is 9.40. The van der Waals surface area contributed by atoms with E-state index in [4.69, 9.17) is 14.2 Å². The minimum atomic E-state index is -0.989. The monoisotopic (exact) mass is 622 g/mol. The average molecular weight is 622 g/mol. The van der Waals surface area contributed by atoms with Gasteiger partial charge in [0, 0.05) is 60.7 Å². The van der Waals surface area contributed by atoms with Crippen LogP contribution in [0.25, 0.3) is 11.1 Å². The molecule has 0 aliphatic rings. The smallest absolute Gasteiger partial charge is 0.211 e. The van der Waals surface area contributed by atoms with Crippen molar-refractivity contribution in [3.63, 3.8) is 0 Å². The lowest BCUT2D eigenvalue weighted by Gasteiger charge is -2.17. The van der Waals surface area contributed by atoms with Gasteiger partial charge in [0.05, 0.1) is 11.1 Å². The molecule has 5 aromatic rings. The normalized spacial score (nSPS) is 10.8. The van der Waals surface area contributed by atoms with Crippen LogP contribution in [-0.4, -0.2) is 61.3 Å². The van der Waals surface area contributed by atoms with Gasteiger partial charge in [0.1, 0.15) is 51.7 Å². The Morgan fingerprint density at radius 3 is 1.07 bits per heavy atom. The van der Waals surface area contributed by atoms with Crippen molar-refractivity contribution in [2.75, 3.05) is 0 Å². The lowest BCUT2D eigenvalue weighted by Crippen LogP contribution is -1.92. The molecule has 0 atom stereocenters. The Kier molecular flexibility index (Phi) is 7.28. The fourth-order valence-corrected chi connectivity index (χ4v) is 4.28. The van der Waals surface area contributed by atoms with Gasteiger partial charge in [-0.05, 0) is 0 Å². The van der Waals surface area contributed by atoms with E-state index in [1.807, 2.05) is 0 Å². The topological polar surface area (TPSA) is 270 Å². The van der Waals surface area contributed by atoms with Crippen molar-refractivity contribution in [1.29, 1.82) is 0 Å². The maximum atomic E-state index is 10.8. The molecule has 0 unspecified atom stereocenters. The molecule has 0 aromatic heterocycles. The molecule has 0 bridgehead atoms. The molecule has 5 rings (SSSR count). The lowest BCUT2D eigenvalue weighted by molar-refractivity contribution is 0.349. The van der Waals surface area contributed by atoms with Crippen LogP contribution in [0.15, 0.2) is 60.7 Å². The fourth-order valence-electron chi connectivity index (χ4n) is 4.28. The summed E-state index contributed by atoms with van der Waals surface area (Å²) >= 11 is 0. The van der Waals surface area contributed by atoms with E-state index in [1.165, 1.54) is 0 Å². The molecular formula is C30H22O15. The summed E-state index contributed by atoms with van der Waals surface area (Å²) in [6.07, 6.45) is 0. The van der Waals surface area contributed by atoms with Crippen molar-refractivity contribution in [2.24, 2.45) is 0 Å². The van der Waals surface area contributed by atoms with Crippen LogP contribution in [0, 0.1) is 0 Å². The molecule has 0 aliphatic heterocycles. The van der Waals surface area contributed by atoms with Gasteiger partial charge in [-0.15, -0.1) is 0 Å². The Morgan fingerprint density at radius 2 is 0.622 bits per heavy atom. The van der Waals surface area contributed by atoms with E-state index in [2.05, 4.69) is 0 Å². The van der Waals surface area contributed by atoms with Gasteiger partial charge < -0.3 is 75.5 Å². The fraction of sp³-hybridized carbons (Fsp3) is 0. The van der Waals surface area contributed by atoms with Gasteiger partial charge >= 0.3 is 0 Å². The number of ether oxygens (including phenoxy) is 3. The minimum absolute atomic E-state index is 0.132. The summed E-state index contributed by atoms with van der Waals surface area (Å²) in [6, 6.07) is 9.22. The first-order chi connectivity index (χ1) is 21.2. The maximum absolute atomic E-state index is 10.8. The minimum Gasteiger partial charge on any atom is -0.508 e. The molecule has 15 heteroatoms. The highest BCUT2D eigenvalue weighted by Gasteiger charge is 2.26. The van der Waals surface area contributed by atoms with E-state index in [9.17, 15) is 61.3 Å². The predicted molar refractivity (Wildman–Crippen MR) is 151 cm³/mol. The van der Waals surface area contributed by atoms with Crippen LogP contribution in [0.2, 0.25) is 0 Å². The number of phenols is 12. The van der Waals surface area contributed by atoms with Gasteiger partial charge in [-0.2, -0.15) is 0 Å². The van der Waals surface area contributed by atoms with Gasteiger partial charge in [0.2, 0.25) is 17.2 Å². The average Bonchev–Trinajstić information content (AvgIpc) is 2.91. The third-order valence-corrected chi connectivity index (χ3v) is 6.13. The van der Waals surface area contributed by atoms with Crippen LogP contribution in [0.1, 0.15) is 0 Å². The van der Waals surface area contributed by atoms with E-state index in [0.717, 1.165) is 54.6 Å². The third kappa shape index (κ3) is 5.76. The van der Waals surface area contributed by atoms with Crippen molar-refractivity contribution in [3.05, 3.63) is 60.7 Å². The largest absolute Gasteiger partial charge is 0.508 e. The Labute approximate surface area is 251 Å². The van der Waals surface area contributed by atoms with E-state index < -0.39 is 91.6 Å². The summed E-state index contributed by atoms with van der Waals surface area (Å²) in [7, 11) is 0. The molecule has 5 aromatic carbocycles. The highest BCUT2D eigenvalue weighted by Crippen LogP contribution is 2.55. The Hall–Kier alpha value is -6.90. The molecule has 15 nitrogen and oxygen atoms in total. The van der Waals surface area contributed by atoms with E-state index in [1.54, 1.807) is 0 Å². The standard InChI is InChI=1S/C30H22O15/c31-11-1-12(32)3-14(2-11)43-28-20(37)6-15(7-21(28)38)44-29-22(39)8-16(9-23(29)40)45-30-24(41)10-19(36)26(27(30)42)25-17(34)4-13(33)5-18(25)35/h1-10,31-42H. The highest BCUT2D eigenvalue weighted by molar-refractivity contribution is 5.88. The molecule has 0 aliphatic carbocycles. The van der Waals surface area contributed by atoms with Crippen molar-refractivity contribution in [2.45, 2.75) is 0 Å². The molecule has 0 radical (unpaired) electrons. The number of rotatable bonds is 7. The molecule has 0 spiro atoms. The first kappa shape index (κ1) is 29.6. The van der Waals surface area contributed by atoms with Crippen molar-refractivity contribution < 1.29 is 75.5 Å². The van der Waals surface area contributed by atoms with Gasteiger partial charge in [0.25, 0.3) is 0 Å². The molecule has 232 valence electrons. The van der Waals surface area contributed by atoms with Crippen LogP contribution < -0.4 is 14.2 Å². The second kappa shape index (κ2) is 11.1. The maximum Gasteiger partial charge on any atom is 0.211 e. The zero-order chi connectivity index (χ0) is 32.7. The van der Waals surface area contributed by atoms with Gasteiger partial charge in [-0.1, -0.05) is 0 Å². The van der Waals surface area contributed by atoms with Gasteiger partial charge in [0.15, 0.2) is 34.5 Å². The summed E-state index contributed by atoms with van der Waals surface area (Å²) in [5, 5.41) is 122. The van der Waals surface area contributed by atoms with Crippen molar-refractivity contribution in [3.8, 4) is 115 Å². The second-order valence-electron chi connectivity index (χ2n) is 9.40. The van der Waals surface area contributed by atoms with Crippen molar-refractivity contribution in [1.82, 2.24) is 0 Å². The predicted octanol–water partition coefficient (Wildman–Crippen LogP) is 5.20. The lowest BCUT2D eigenvalue weighted by atomic mass is 10.00. The quantitative estimate of drug-likeness (QED) is 0.111. The van der Waals surface area contributed by atoms with Crippen LogP contribution >= 0.6 is 0 Å². The number of aromatic hydroxyl groups is 12. The molecular weight excluding hydrogens is 600 g/mol. The molecule has 0 saturated heterocycles. The first-order valence-corrected chi connectivity index (χ1v) is 12.4. The Bertz CT molecular complexity index is 1880. The third-order valence-electron chi connectivity index (χ3n) is 6.13. The molecule has 45 heavy (non-hydrogen) atoms. The van der Waals surface area contributed by atoms with Crippen LogP contribution in [-0.2, 0) is 0 Å². The van der Waals surface area contributed by atoms with E-state index in [-0.39, 0.29) is 23.0 Å². The first-order valence-electron chi connectivity index (χ1n) is 12.4. The summed E-state index contributed by atoms with van der Waals surface area (Å²) in [5.41, 5.74) is -1.12. The summed E-state index contributed by atoms with van der Waals surface area (Å²) < 4.78 is 16.2. The highest BCUT2D eigenvalue weighted by atomic mass is 16.5. The van der Waals surface area contributed by atoms with Crippen LogP contribution in [0.4, 0.5) is 0 Å². The number of hydrogen-bond acceptors (Lipinski definition) is 15. The Balaban J connectivity index is 1.43. The number of phenolic OH excluding ortho intramolecular Hbond substituents is 12. The van der Waals surface area contributed by atoms with E-state index in [0.29, 0.717) is 6.07 Å². The summed E-state index contributed by atoms with van der Waals surface area (Å²) in [6.45, 7) is 0. The molecule has 0 heterocycles. The summed E-state index contributed by atoms with van der Waals surface area (Å²) in [5.74, 6) is -10.9. The van der Waals surface area contributed by atoms with Gasteiger partial charge in [-0.3, -0.25) is 0 Å². The van der Waals surface area contributed by atoms with Crippen molar-refractivity contribution >= 4 is 0 Å². The van der Waals surface area contributed by atoms with Gasteiger partial charge in [-0.25, -0.2) is 0 Å². The molecule has 12 N–H and O–H groups in total. The molecule has 0 amide bonds. The SMILES string of the molecule is Oc1cc(O)cc(Oc2c(O)cc(Oc3c(O)cc(Oc4c(O)cc(O)c(-c5c(O)cc(O)cc5O)c4O)cc3O)cc2O)c1. The zero-order valence-electron chi connectivity index (χ0n) is 22.4. The number of hydrogen-bond donors (Lipinski definition) is 12. The molecule has 0 saturated carbocycles. The zero-order valence-corrected chi connectivity index (χ0v) is 22.4. The number of benzene rings is 5. The Morgan fingerprint density at radius 1 is 0.289 bits per heavy atom.